The summed E-state index contributed by atoms with van der Waals surface area (Å²) in [6.07, 6.45) is 2.64. The van der Waals surface area contributed by atoms with Crippen molar-refractivity contribution >= 4 is 6.09 Å². The lowest BCUT2D eigenvalue weighted by Gasteiger charge is -2.43. The minimum Gasteiger partial charge on any atom is -0.445 e. The van der Waals surface area contributed by atoms with Crippen molar-refractivity contribution in [3.8, 4) is 11.1 Å². The predicted molar refractivity (Wildman–Crippen MR) is 120 cm³/mol. The summed E-state index contributed by atoms with van der Waals surface area (Å²) in [5, 5.41) is 11.6. The number of piperidine rings is 1. The summed E-state index contributed by atoms with van der Waals surface area (Å²) in [4.78, 5) is 14.7. The maximum atomic E-state index is 12.8. The van der Waals surface area contributed by atoms with Gasteiger partial charge in [-0.05, 0) is 41.2 Å². The summed E-state index contributed by atoms with van der Waals surface area (Å²) in [5.41, 5.74) is 3.23. The van der Waals surface area contributed by atoms with Gasteiger partial charge in [0.1, 0.15) is 6.61 Å². The maximum Gasteiger partial charge on any atom is 0.410 e. The Morgan fingerprint density at radius 1 is 0.871 bits per heavy atom. The van der Waals surface area contributed by atoms with Crippen LogP contribution in [-0.2, 0) is 16.9 Å². The van der Waals surface area contributed by atoms with Crippen LogP contribution in [0.1, 0.15) is 36.8 Å². The molecule has 0 aliphatic carbocycles. The molecule has 1 amide bonds. The van der Waals surface area contributed by atoms with E-state index in [0.717, 1.165) is 35.1 Å². The van der Waals surface area contributed by atoms with Gasteiger partial charge in [-0.15, -0.1) is 0 Å². The molecule has 0 saturated carbocycles. The molecular weight excluding hydrogens is 386 g/mol. The van der Waals surface area contributed by atoms with Crippen LogP contribution in [0, 0.1) is 0 Å². The lowest BCUT2D eigenvalue weighted by Crippen LogP contribution is -2.52. The van der Waals surface area contributed by atoms with Crippen LogP contribution < -0.4 is 0 Å². The van der Waals surface area contributed by atoms with Gasteiger partial charge in [0.2, 0.25) is 0 Å². The molecule has 0 radical (unpaired) electrons. The van der Waals surface area contributed by atoms with E-state index in [1.54, 1.807) is 0 Å². The van der Waals surface area contributed by atoms with E-state index < -0.39 is 5.60 Å². The number of hydrogen-bond donors (Lipinski definition) is 1. The number of fused-ring (bicyclic) bond motifs is 2. The number of carbonyl (C=O) groups excluding carboxylic acids is 1. The third-order valence-corrected chi connectivity index (χ3v) is 6.69. The van der Waals surface area contributed by atoms with Gasteiger partial charge in [-0.2, -0.15) is 0 Å². The molecule has 4 heteroatoms. The minimum atomic E-state index is -0.924. The standard InChI is InChI=1S/C27H27NO3/c29-26(31-19-20-8-3-1-4-9-20)28-24-14-15-25(28)18-27(30,17-24)23-13-7-12-22(16-23)21-10-5-2-6-11-21/h1-13,16,24-25,30H,14-15,17-19H2. The molecule has 2 fully saturated rings. The third kappa shape index (κ3) is 3.96. The van der Waals surface area contributed by atoms with Crippen molar-refractivity contribution in [1.82, 2.24) is 4.90 Å². The first-order chi connectivity index (χ1) is 15.1. The van der Waals surface area contributed by atoms with Gasteiger partial charge in [0, 0.05) is 24.9 Å². The van der Waals surface area contributed by atoms with Crippen LogP contribution >= 0.6 is 0 Å². The second-order valence-corrected chi connectivity index (χ2v) is 8.72. The summed E-state index contributed by atoms with van der Waals surface area (Å²) >= 11 is 0. The summed E-state index contributed by atoms with van der Waals surface area (Å²) in [6.45, 7) is 0.277. The molecule has 2 bridgehead atoms. The Hall–Kier alpha value is -3.11. The van der Waals surface area contributed by atoms with Crippen molar-refractivity contribution in [3.05, 3.63) is 96.1 Å². The Kier molecular flexibility index (Phi) is 5.24. The van der Waals surface area contributed by atoms with E-state index in [1.165, 1.54) is 0 Å². The first-order valence-corrected chi connectivity index (χ1v) is 11.0. The predicted octanol–water partition coefficient (Wildman–Crippen LogP) is 5.50. The third-order valence-electron chi connectivity index (χ3n) is 6.69. The molecule has 2 aliphatic rings. The normalized spacial score (nSPS) is 24.7. The van der Waals surface area contributed by atoms with E-state index in [2.05, 4.69) is 24.3 Å². The van der Waals surface area contributed by atoms with Crippen molar-refractivity contribution in [3.63, 3.8) is 0 Å². The Morgan fingerprint density at radius 3 is 2.16 bits per heavy atom. The zero-order valence-electron chi connectivity index (χ0n) is 17.5. The molecule has 1 N–H and O–H groups in total. The molecule has 2 aliphatic heterocycles. The SMILES string of the molecule is O=C(OCc1ccccc1)N1C2CCC1CC(O)(c1cccc(-c3ccccc3)c1)C2. The zero-order chi connectivity index (χ0) is 21.3. The monoisotopic (exact) mass is 413 g/mol. The van der Waals surface area contributed by atoms with Gasteiger partial charge in [0.15, 0.2) is 0 Å². The highest BCUT2D eigenvalue weighted by Gasteiger charge is 2.50. The quantitative estimate of drug-likeness (QED) is 0.614. The lowest BCUT2D eigenvalue weighted by molar-refractivity contribution is -0.0536. The van der Waals surface area contributed by atoms with E-state index in [4.69, 9.17) is 4.74 Å². The minimum absolute atomic E-state index is 0.00686. The van der Waals surface area contributed by atoms with Gasteiger partial charge >= 0.3 is 6.09 Å². The van der Waals surface area contributed by atoms with Crippen molar-refractivity contribution in [1.29, 1.82) is 0 Å². The van der Waals surface area contributed by atoms with Crippen LogP contribution in [0.5, 0.6) is 0 Å². The van der Waals surface area contributed by atoms with Crippen molar-refractivity contribution in [2.24, 2.45) is 0 Å². The largest absolute Gasteiger partial charge is 0.445 e. The molecule has 0 spiro atoms. The van der Waals surface area contributed by atoms with E-state index in [0.29, 0.717) is 12.8 Å². The zero-order valence-corrected chi connectivity index (χ0v) is 17.5. The van der Waals surface area contributed by atoms with Gasteiger partial charge in [0.25, 0.3) is 0 Å². The van der Waals surface area contributed by atoms with Crippen molar-refractivity contribution < 1.29 is 14.6 Å². The molecule has 2 heterocycles. The number of rotatable bonds is 4. The highest BCUT2D eigenvalue weighted by Crippen LogP contribution is 2.46. The highest BCUT2D eigenvalue weighted by molar-refractivity contribution is 5.69. The Balaban J connectivity index is 1.32. The number of ether oxygens (including phenoxy) is 1. The molecule has 4 nitrogen and oxygen atoms in total. The summed E-state index contributed by atoms with van der Waals surface area (Å²) in [5.74, 6) is 0. The molecule has 0 aromatic heterocycles. The van der Waals surface area contributed by atoms with Gasteiger partial charge in [-0.3, -0.25) is 0 Å². The molecule has 2 saturated heterocycles. The summed E-state index contributed by atoms with van der Waals surface area (Å²) in [7, 11) is 0. The number of carbonyl (C=O) groups is 1. The van der Waals surface area contributed by atoms with Crippen LogP contribution in [-0.4, -0.2) is 28.2 Å². The molecule has 31 heavy (non-hydrogen) atoms. The first-order valence-electron chi connectivity index (χ1n) is 11.0. The fraction of sp³-hybridized carbons (Fsp3) is 0.296. The summed E-state index contributed by atoms with van der Waals surface area (Å²) in [6, 6.07) is 28.2. The van der Waals surface area contributed by atoms with Crippen molar-refractivity contribution in [2.45, 2.75) is 50.0 Å². The van der Waals surface area contributed by atoms with Gasteiger partial charge in [-0.25, -0.2) is 4.79 Å². The number of benzene rings is 3. The Morgan fingerprint density at radius 2 is 1.48 bits per heavy atom. The molecule has 3 aromatic carbocycles. The topological polar surface area (TPSA) is 49.8 Å². The van der Waals surface area contributed by atoms with Crippen molar-refractivity contribution in [2.75, 3.05) is 0 Å². The maximum absolute atomic E-state index is 12.8. The number of amides is 1. The van der Waals surface area contributed by atoms with E-state index in [1.807, 2.05) is 65.6 Å². The first kappa shape index (κ1) is 19.8. The average molecular weight is 414 g/mol. The van der Waals surface area contributed by atoms with Gasteiger partial charge < -0.3 is 14.7 Å². The number of aliphatic hydroxyl groups is 1. The summed E-state index contributed by atoms with van der Waals surface area (Å²) < 4.78 is 5.60. The number of hydrogen-bond acceptors (Lipinski definition) is 3. The fourth-order valence-corrected chi connectivity index (χ4v) is 5.17. The van der Waals surface area contributed by atoms with Crippen LogP contribution in [0.15, 0.2) is 84.9 Å². The lowest BCUT2D eigenvalue weighted by atomic mass is 9.80. The molecule has 2 atom stereocenters. The van der Waals surface area contributed by atoms with E-state index in [-0.39, 0.29) is 24.8 Å². The number of nitrogens with zero attached hydrogens (tertiary/aromatic N) is 1. The second kappa shape index (κ2) is 8.20. The molecule has 158 valence electrons. The Labute approximate surface area is 183 Å². The van der Waals surface area contributed by atoms with Gasteiger partial charge in [-0.1, -0.05) is 78.9 Å². The second-order valence-electron chi connectivity index (χ2n) is 8.72. The Bertz CT molecular complexity index is 1040. The van der Waals surface area contributed by atoms with E-state index >= 15 is 0 Å². The molecule has 2 unspecified atom stereocenters. The van der Waals surface area contributed by atoms with Crippen LogP contribution in [0.4, 0.5) is 4.79 Å². The van der Waals surface area contributed by atoms with Gasteiger partial charge in [0.05, 0.1) is 5.60 Å². The van der Waals surface area contributed by atoms with E-state index in [9.17, 15) is 9.90 Å². The molecule has 3 aromatic rings. The van der Waals surface area contributed by atoms with Crippen LogP contribution in [0.2, 0.25) is 0 Å². The average Bonchev–Trinajstić information content (AvgIpc) is 3.10. The molecular formula is C27H27NO3. The fourth-order valence-electron chi connectivity index (χ4n) is 5.17. The van der Waals surface area contributed by atoms with Crippen LogP contribution in [0.3, 0.4) is 0 Å². The van der Waals surface area contributed by atoms with Crippen LogP contribution in [0.25, 0.3) is 11.1 Å². The molecule has 5 rings (SSSR count). The highest BCUT2D eigenvalue weighted by atomic mass is 16.6. The smallest absolute Gasteiger partial charge is 0.410 e.